The molecule has 1 saturated heterocycles. The fourth-order valence-corrected chi connectivity index (χ4v) is 4.19. The van der Waals surface area contributed by atoms with Gasteiger partial charge in [0.05, 0.1) is 21.3 Å². The van der Waals surface area contributed by atoms with Gasteiger partial charge >= 0.3 is 0 Å². The third kappa shape index (κ3) is 4.31. The van der Waals surface area contributed by atoms with Crippen molar-refractivity contribution in [2.75, 3.05) is 18.4 Å². The van der Waals surface area contributed by atoms with E-state index in [9.17, 15) is 4.79 Å². The van der Waals surface area contributed by atoms with Gasteiger partial charge in [-0.2, -0.15) is 5.10 Å². The van der Waals surface area contributed by atoms with Crippen LogP contribution >= 0.6 is 23.7 Å². The normalized spacial score (nSPS) is 17.1. The van der Waals surface area contributed by atoms with E-state index in [2.05, 4.69) is 34.6 Å². The van der Waals surface area contributed by atoms with Gasteiger partial charge in [-0.3, -0.25) is 9.48 Å². The van der Waals surface area contributed by atoms with E-state index in [0.29, 0.717) is 17.7 Å². The fraction of sp³-hybridized carbons (Fsp3) is 0.421. The third-order valence-electron chi connectivity index (χ3n) is 4.64. The number of benzene rings is 1. The SMILES string of the molecule is CC(C)c1nc2ccc(NC(=O)c3ccn(C4CCCNC4)n3)cc2s1.Cl. The van der Waals surface area contributed by atoms with Crippen LogP contribution in [-0.2, 0) is 0 Å². The first kappa shape index (κ1) is 19.8. The Morgan fingerprint density at radius 2 is 2.22 bits per heavy atom. The zero-order valence-electron chi connectivity index (χ0n) is 15.4. The maximum atomic E-state index is 12.5. The molecule has 0 radical (unpaired) electrons. The molecular weight excluding hydrogens is 382 g/mol. The Bertz CT molecular complexity index is 929. The van der Waals surface area contributed by atoms with Crippen molar-refractivity contribution < 1.29 is 4.79 Å². The number of amides is 1. The second kappa shape index (κ2) is 8.37. The van der Waals surface area contributed by atoms with E-state index in [1.165, 1.54) is 0 Å². The summed E-state index contributed by atoms with van der Waals surface area (Å²) in [5, 5.41) is 11.9. The lowest BCUT2D eigenvalue weighted by Gasteiger charge is -2.22. The number of rotatable bonds is 4. The lowest BCUT2D eigenvalue weighted by Crippen LogP contribution is -2.32. The lowest BCUT2D eigenvalue weighted by atomic mass is 10.1. The number of nitrogens with one attached hydrogen (secondary N) is 2. The molecule has 8 heteroatoms. The summed E-state index contributed by atoms with van der Waals surface area (Å²) in [4.78, 5) is 17.2. The summed E-state index contributed by atoms with van der Waals surface area (Å²) in [5.74, 6) is 0.226. The number of halogens is 1. The van der Waals surface area contributed by atoms with Gasteiger partial charge in [0.15, 0.2) is 5.69 Å². The summed E-state index contributed by atoms with van der Waals surface area (Å²) in [6.07, 6.45) is 4.13. The maximum Gasteiger partial charge on any atom is 0.276 e. The highest BCUT2D eigenvalue weighted by atomic mass is 35.5. The highest BCUT2D eigenvalue weighted by Gasteiger charge is 2.18. The van der Waals surface area contributed by atoms with E-state index in [1.807, 2.05) is 29.1 Å². The number of hydrogen-bond donors (Lipinski definition) is 2. The molecule has 1 atom stereocenters. The van der Waals surface area contributed by atoms with Crippen LogP contribution in [0.5, 0.6) is 0 Å². The van der Waals surface area contributed by atoms with Gasteiger partial charge in [0.2, 0.25) is 0 Å². The van der Waals surface area contributed by atoms with Gasteiger partial charge in [0.25, 0.3) is 5.91 Å². The number of nitrogens with zero attached hydrogens (tertiary/aromatic N) is 3. The molecule has 2 N–H and O–H groups in total. The van der Waals surface area contributed by atoms with Crippen molar-refractivity contribution in [1.29, 1.82) is 0 Å². The highest BCUT2D eigenvalue weighted by molar-refractivity contribution is 7.18. The number of carbonyl (C=O) groups is 1. The smallest absolute Gasteiger partial charge is 0.276 e. The summed E-state index contributed by atoms with van der Waals surface area (Å²) < 4.78 is 2.99. The highest BCUT2D eigenvalue weighted by Crippen LogP contribution is 2.29. The summed E-state index contributed by atoms with van der Waals surface area (Å²) in [6.45, 7) is 6.24. The van der Waals surface area contributed by atoms with Crippen LogP contribution in [0.4, 0.5) is 5.69 Å². The molecule has 3 heterocycles. The number of hydrogen-bond acceptors (Lipinski definition) is 5. The molecule has 1 fully saturated rings. The monoisotopic (exact) mass is 405 g/mol. The predicted molar refractivity (Wildman–Crippen MR) is 112 cm³/mol. The third-order valence-corrected chi connectivity index (χ3v) is 5.96. The van der Waals surface area contributed by atoms with Crippen molar-refractivity contribution >= 4 is 45.6 Å². The molecule has 3 aromatic rings. The van der Waals surface area contributed by atoms with E-state index < -0.39 is 0 Å². The van der Waals surface area contributed by atoms with E-state index in [-0.39, 0.29) is 18.3 Å². The largest absolute Gasteiger partial charge is 0.321 e. The number of aromatic nitrogens is 3. The molecular formula is C19H24ClN5OS. The van der Waals surface area contributed by atoms with E-state index in [4.69, 9.17) is 0 Å². The van der Waals surface area contributed by atoms with E-state index >= 15 is 0 Å². The van der Waals surface area contributed by atoms with E-state index in [1.54, 1.807) is 17.4 Å². The first-order valence-electron chi connectivity index (χ1n) is 9.08. The number of thiazole rings is 1. The zero-order valence-corrected chi connectivity index (χ0v) is 17.1. The molecule has 0 bridgehead atoms. The molecule has 2 aromatic heterocycles. The number of fused-ring (bicyclic) bond motifs is 1. The van der Waals surface area contributed by atoms with Crippen molar-refractivity contribution in [2.24, 2.45) is 0 Å². The molecule has 0 saturated carbocycles. The first-order valence-corrected chi connectivity index (χ1v) is 9.89. The number of anilines is 1. The zero-order chi connectivity index (χ0) is 18.1. The van der Waals surface area contributed by atoms with Crippen molar-refractivity contribution in [2.45, 2.75) is 38.6 Å². The summed E-state index contributed by atoms with van der Waals surface area (Å²) in [6, 6.07) is 7.95. The second-order valence-electron chi connectivity index (χ2n) is 7.02. The van der Waals surface area contributed by atoms with Crippen LogP contribution < -0.4 is 10.6 Å². The van der Waals surface area contributed by atoms with Gasteiger partial charge in [-0.05, 0) is 43.7 Å². The first-order chi connectivity index (χ1) is 12.6. The summed E-state index contributed by atoms with van der Waals surface area (Å²) in [7, 11) is 0. The quantitative estimate of drug-likeness (QED) is 0.681. The molecule has 0 spiro atoms. The molecule has 1 aliphatic rings. The standard InChI is InChI=1S/C19H23N5OS.ClH/c1-12(2)19-22-15-6-5-13(10-17(15)26-19)21-18(25)16-7-9-24(23-16)14-4-3-8-20-11-14;/h5-7,9-10,12,14,20H,3-4,8,11H2,1-2H3,(H,21,25);1H. The summed E-state index contributed by atoms with van der Waals surface area (Å²) >= 11 is 1.68. The average Bonchev–Trinajstić information content (AvgIpc) is 3.29. The predicted octanol–water partition coefficient (Wildman–Crippen LogP) is 4.21. The fourth-order valence-electron chi connectivity index (χ4n) is 3.18. The van der Waals surface area contributed by atoms with Crippen LogP contribution in [0.25, 0.3) is 10.2 Å². The molecule has 6 nitrogen and oxygen atoms in total. The molecule has 1 unspecified atom stereocenters. The van der Waals surface area contributed by atoms with Crippen LogP contribution in [0.15, 0.2) is 30.5 Å². The number of piperidine rings is 1. The summed E-state index contributed by atoms with van der Waals surface area (Å²) in [5.41, 5.74) is 2.20. The second-order valence-corrected chi connectivity index (χ2v) is 8.09. The average molecular weight is 406 g/mol. The van der Waals surface area contributed by atoms with Crippen molar-refractivity contribution in [3.8, 4) is 0 Å². The molecule has 1 amide bonds. The van der Waals surface area contributed by atoms with Crippen LogP contribution in [-0.4, -0.2) is 33.8 Å². The molecule has 1 aliphatic heterocycles. The van der Waals surface area contributed by atoms with Crippen molar-refractivity contribution in [1.82, 2.24) is 20.1 Å². The maximum absolute atomic E-state index is 12.5. The number of carbonyl (C=O) groups excluding carboxylic acids is 1. The molecule has 1 aromatic carbocycles. The minimum atomic E-state index is -0.180. The van der Waals surface area contributed by atoms with Crippen LogP contribution in [0.3, 0.4) is 0 Å². The Kier molecular flexibility index (Phi) is 6.14. The minimum Gasteiger partial charge on any atom is -0.321 e. The van der Waals surface area contributed by atoms with Crippen LogP contribution in [0, 0.1) is 0 Å². The Hall–Kier alpha value is -1.96. The van der Waals surface area contributed by atoms with Gasteiger partial charge < -0.3 is 10.6 Å². The van der Waals surface area contributed by atoms with Crippen molar-refractivity contribution in [3.05, 3.63) is 41.2 Å². The minimum absolute atomic E-state index is 0. The molecule has 144 valence electrons. The van der Waals surface area contributed by atoms with Gasteiger partial charge in [-0.15, -0.1) is 23.7 Å². The Labute approximate surface area is 168 Å². The van der Waals surface area contributed by atoms with E-state index in [0.717, 1.165) is 46.8 Å². The van der Waals surface area contributed by atoms with Gasteiger partial charge in [0, 0.05) is 24.3 Å². The van der Waals surface area contributed by atoms with Gasteiger partial charge in [-0.1, -0.05) is 13.8 Å². The Balaban J connectivity index is 0.00000210. The van der Waals surface area contributed by atoms with Crippen LogP contribution in [0.1, 0.15) is 54.1 Å². The molecule has 27 heavy (non-hydrogen) atoms. The molecule has 0 aliphatic carbocycles. The Morgan fingerprint density at radius 3 is 2.96 bits per heavy atom. The van der Waals surface area contributed by atoms with Gasteiger partial charge in [0.1, 0.15) is 0 Å². The lowest BCUT2D eigenvalue weighted by molar-refractivity contribution is 0.102. The topological polar surface area (TPSA) is 71.8 Å². The van der Waals surface area contributed by atoms with Gasteiger partial charge in [-0.25, -0.2) is 4.98 Å². The Morgan fingerprint density at radius 1 is 1.37 bits per heavy atom. The molecule has 4 rings (SSSR count). The van der Waals surface area contributed by atoms with Crippen molar-refractivity contribution in [3.63, 3.8) is 0 Å². The van der Waals surface area contributed by atoms with Crippen LogP contribution in [0.2, 0.25) is 0 Å².